The van der Waals surface area contributed by atoms with Crippen molar-refractivity contribution >= 4 is 0 Å². The Morgan fingerprint density at radius 2 is 1.85 bits per heavy atom. The van der Waals surface area contributed by atoms with Gasteiger partial charge in [-0.3, -0.25) is 5.32 Å². The van der Waals surface area contributed by atoms with Crippen molar-refractivity contribution in [2.45, 2.75) is 12.5 Å². The third-order valence-electron chi connectivity index (χ3n) is 3.40. The Labute approximate surface area is 119 Å². The lowest BCUT2D eigenvalue weighted by molar-refractivity contribution is 0.255. The van der Waals surface area contributed by atoms with Crippen LogP contribution in [0.3, 0.4) is 0 Å². The second-order valence-electron chi connectivity index (χ2n) is 4.78. The van der Waals surface area contributed by atoms with E-state index in [9.17, 15) is 0 Å². The van der Waals surface area contributed by atoms with Gasteiger partial charge in [0, 0.05) is 23.6 Å². The number of para-hydroxylation sites is 1. The van der Waals surface area contributed by atoms with Crippen LogP contribution in [0.5, 0.6) is 5.75 Å². The fourth-order valence-corrected chi connectivity index (χ4v) is 2.40. The first-order valence-corrected chi connectivity index (χ1v) is 6.92. The van der Waals surface area contributed by atoms with Gasteiger partial charge in [-0.2, -0.15) is 0 Å². The van der Waals surface area contributed by atoms with E-state index < -0.39 is 0 Å². The van der Waals surface area contributed by atoms with Gasteiger partial charge >= 0.3 is 0 Å². The predicted molar refractivity (Wildman–Crippen MR) is 80.6 cm³/mol. The second kappa shape index (κ2) is 6.27. The average molecular weight is 263 g/mol. The fraction of sp³-hybridized carbons (Fsp3) is 0.222. The van der Waals surface area contributed by atoms with Gasteiger partial charge in [-0.15, -0.1) is 0 Å². The summed E-state index contributed by atoms with van der Waals surface area (Å²) in [6.07, 6.45) is 0.990. The van der Waals surface area contributed by atoms with Crippen molar-refractivity contribution in [3.05, 3.63) is 65.7 Å². The Morgan fingerprint density at radius 1 is 1.05 bits per heavy atom. The molecule has 1 aliphatic heterocycles. The Morgan fingerprint density at radius 3 is 2.75 bits per heavy atom. The van der Waals surface area contributed by atoms with Crippen molar-refractivity contribution in [3.63, 3.8) is 0 Å². The number of nitrogens with one attached hydrogen (secondary N) is 1. The minimum Gasteiger partial charge on any atom is -0.493 e. The molecule has 20 heavy (non-hydrogen) atoms. The van der Waals surface area contributed by atoms with E-state index in [1.165, 1.54) is 5.56 Å². The fourth-order valence-electron chi connectivity index (χ4n) is 2.40. The molecule has 0 aliphatic carbocycles. The third-order valence-corrected chi connectivity index (χ3v) is 3.40. The molecule has 0 aromatic heterocycles. The van der Waals surface area contributed by atoms with Crippen molar-refractivity contribution in [1.29, 1.82) is 0 Å². The van der Waals surface area contributed by atoms with Gasteiger partial charge in [0.05, 0.1) is 13.2 Å². The number of hydrogen-bond donors (Lipinski definition) is 1. The highest BCUT2D eigenvalue weighted by atomic mass is 16.5. The molecule has 0 bridgehead atoms. The van der Waals surface area contributed by atoms with Crippen molar-refractivity contribution in [1.82, 2.24) is 5.32 Å². The molecule has 2 nitrogen and oxygen atoms in total. The first kappa shape index (κ1) is 12.8. The molecule has 0 amide bonds. The van der Waals surface area contributed by atoms with Gasteiger partial charge in [-0.05, 0) is 18.2 Å². The van der Waals surface area contributed by atoms with Crippen LogP contribution in [0.4, 0.5) is 0 Å². The highest BCUT2D eigenvalue weighted by Gasteiger charge is 2.19. The number of ether oxygens (including phenoxy) is 1. The van der Waals surface area contributed by atoms with Crippen molar-refractivity contribution in [2.24, 2.45) is 0 Å². The van der Waals surface area contributed by atoms with Crippen LogP contribution in [0.15, 0.2) is 54.6 Å². The van der Waals surface area contributed by atoms with E-state index in [2.05, 4.69) is 29.3 Å². The second-order valence-corrected chi connectivity index (χ2v) is 4.78. The van der Waals surface area contributed by atoms with Crippen LogP contribution in [-0.4, -0.2) is 13.2 Å². The molecule has 3 rings (SSSR count). The number of rotatable bonds is 2. The summed E-state index contributed by atoms with van der Waals surface area (Å²) in [6, 6.07) is 18.6. The van der Waals surface area contributed by atoms with Gasteiger partial charge in [0.25, 0.3) is 0 Å². The van der Waals surface area contributed by atoms with E-state index in [1.807, 2.05) is 42.5 Å². The topological polar surface area (TPSA) is 21.3 Å². The van der Waals surface area contributed by atoms with Crippen molar-refractivity contribution in [3.8, 4) is 17.6 Å². The zero-order valence-electron chi connectivity index (χ0n) is 11.3. The molecule has 1 atom stereocenters. The summed E-state index contributed by atoms with van der Waals surface area (Å²) in [5.74, 6) is 7.34. The van der Waals surface area contributed by atoms with Crippen LogP contribution in [0, 0.1) is 11.8 Å². The van der Waals surface area contributed by atoms with Crippen molar-refractivity contribution < 1.29 is 4.74 Å². The monoisotopic (exact) mass is 263 g/mol. The zero-order chi connectivity index (χ0) is 13.6. The van der Waals surface area contributed by atoms with Crippen LogP contribution in [0.1, 0.15) is 23.6 Å². The summed E-state index contributed by atoms with van der Waals surface area (Å²) in [5.41, 5.74) is 2.29. The molecule has 1 N–H and O–H groups in total. The average Bonchev–Trinajstić information content (AvgIpc) is 2.53. The van der Waals surface area contributed by atoms with E-state index in [0.717, 1.165) is 24.3 Å². The van der Waals surface area contributed by atoms with E-state index in [0.29, 0.717) is 12.6 Å². The summed E-state index contributed by atoms with van der Waals surface area (Å²) in [7, 11) is 0. The van der Waals surface area contributed by atoms with E-state index >= 15 is 0 Å². The lowest BCUT2D eigenvalue weighted by Gasteiger charge is -2.26. The number of benzene rings is 2. The third kappa shape index (κ3) is 3.01. The molecular formula is C18H17NO. The molecule has 1 aliphatic rings. The smallest absolute Gasteiger partial charge is 0.124 e. The quantitative estimate of drug-likeness (QED) is 0.840. The summed E-state index contributed by atoms with van der Waals surface area (Å²) >= 11 is 0. The Kier molecular flexibility index (Phi) is 4.01. The van der Waals surface area contributed by atoms with Gasteiger partial charge < -0.3 is 4.74 Å². The molecule has 2 heteroatoms. The van der Waals surface area contributed by atoms with Gasteiger partial charge in [-0.25, -0.2) is 0 Å². The SMILES string of the molecule is C(#Cc1ccccc1)CNC1CCOc2ccccc21. The summed E-state index contributed by atoms with van der Waals surface area (Å²) in [5, 5.41) is 3.49. The normalized spacial score (nSPS) is 16.5. The van der Waals surface area contributed by atoms with Gasteiger partial charge in [-0.1, -0.05) is 48.2 Å². The van der Waals surface area contributed by atoms with Crippen molar-refractivity contribution in [2.75, 3.05) is 13.2 Å². The molecule has 0 saturated carbocycles. The summed E-state index contributed by atoms with van der Waals surface area (Å²) in [6.45, 7) is 1.45. The van der Waals surface area contributed by atoms with Crippen LogP contribution >= 0.6 is 0 Å². The molecule has 100 valence electrons. The molecule has 0 fully saturated rings. The highest BCUT2D eigenvalue weighted by molar-refractivity contribution is 5.38. The summed E-state index contributed by atoms with van der Waals surface area (Å²) < 4.78 is 5.65. The maximum absolute atomic E-state index is 5.65. The van der Waals surface area contributed by atoms with Crippen LogP contribution < -0.4 is 10.1 Å². The van der Waals surface area contributed by atoms with Gasteiger partial charge in [0.15, 0.2) is 0 Å². The first-order valence-electron chi connectivity index (χ1n) is 6.92. The minimum atomic E-state index is 0.338. The van der Waals surface area contributed by atoms with E-state index in [-0.39, 0.29) is 0 Å². The Balaban J connectivity index is 1.62. The predicted octanol–water partition coefficient (Wildman–Crippen LogP) is 3.15. The molecule has 2 aromatic rings. The van der Waals surface area contributed by atoms with Gasteiger partial charge in [0.1, 0.15) is 5.75 Å². The molecule has 0 radical (unpaired) electrons. The molecular weight excluding hydrogens is 246 g/mol. The Hall–Kier alpha value is -2.24. The Bertz CT molecular complexity index is 625. The highest BCUT2D eigenvalue weighted by Crippen LogP contribution is 2.31. The van der Waals surface area contributed by atoms with E-state index in [4.69, 9.17) is 4.74 Å². The molecule has 1 heterocycles. The van der Waals surface area contributed by atoms with Crippen LogP contribution in [0.25, 0.3) is 0 Å². The molecule has 2 aromatic carbocycles. The summed E-state index contributed by atoms with van der Waals surface area (Å²) in [4.78, 5) is 0. The molecule has 0 spiro atoms. The largest absolute Gasteiger partial charge is 0.493 e. The molecule has 0 saturated heterocycles. The zero-order valence-corrected chi connectivity index (χ0v) is 11.3. The van der Waals surface area contributed by atoms with Crippen LogP contribution in [-0.2, 0) is 0 Å². The number of fused-ring (bicyclic) bond motifs is 1. The number of hydrogen-bond acceptors (Lipinski definition) is 2. The standard InChI is InChI=1S/C18H17NO/c1-2-7-15(8-3-1)9-6-13-19-17-12-14-20-18-11-5-4-10-16(17)18/h1-5,7-8,10-11,17,19H,12-14H2. The maximum Gasteiger partial charge on any atom is 0.124 e. The lowest BCUT2D eigenvalue weighted by Crippen LogP contribution is -2.27. The van der Waals surface area contributed by atoms with Crippen LogP contribution in [0.2, 0.25) is 0 Å². The lowest BCUT2D eigenvalue weighted by atomic mass is 10.0. The maximum atomic E-state index is 5.65. The van der Waals surface area contributed by atoms with Gasteiger partial charge in [0.2, 0.25) is 0 Å². The van der Waals surface area contributed by atoms with E-state index in [1.54, 1.807) is 0 Å². The first-order chi connectivity index (χ1) is 9.93. The minimum absolute atomic E-state index is 0.338. The molecule has 1 unspecified atom stereocenters.